The van der Waals surface area contributed by atoms with Crippen LogP contribution in [0.1, 0.15) is 25.7 Å². The van der Waals surface area contributed by atoms with Gasteiger partial charge in [-0.05, 0) is 31.6 Å². The van der Waals surface area contributed by atoms with Crippen molar-refractivity contribution in [1.29, 1.82) is 0 Å². The Morgan fingerprint density at radius 2 is 2.00 bits per heavy atom. The second-order valence-electron chi connectivity index (χ2n) is 2.99. The summed E-state index contributed by atoms with van der Waals surface area (Å²) in [6, 6.07) is 0. The Labute approximate surface area is 106 Å². The van der Waals surface area contributed by atoms with E-state index in [1.807, 2.05) is 0 Å². The van der Waals surface area contributed by atoms with E-state index in [9.17, 15) is 0 Å². The summed E-state index contributed by atoms with van der Waals surface area (Å²) in [7, 11) is 0. The van der Waals surface area contributed by atoms with Gasteiger partial charge in [-0.3, -0.25) is 0 Å². The van der Waals surface area contributed by atoms with Crippen molar-refractivity contribution < 1.29 is 51.0 Å². The molecule has 0 aromatic heterocycles. The van der Waals surface area contributed by atoms with Crippen LogP contribution in [0.25, 0.3) is 0 Å². The van der Waals surface area contributed by atoms with Crippen LogP contribution < -0.4 is 24.8 Å². The second kappa shape index (κ2) is 7.36. The molecule has 0 nitrogen and oxygen atoms in total. The van der Waals surface area contributed by atoms with E-state index in [-0.39, 0.29) is 51.0 Å². The minimum Gasteiger partial charge on any atom is -1.00 e. The maximum absolute atomic E-state index is 2.31. The SMILES string of the molecule is C1=CCC2CCCC2=C1.[Cl-].[Cl-].[Zr+2]. The average Bonchev–Trinajstić information content (AvgIpc) is 2.33. The largest absolute Gasteiger partial charge is 2.00 e. The molecule has 0 bridgehead atoms. The molecule has 0 saturated heterocycles. The molecule has 12 heavy (non-hydrogen) atoms. The van der Waals surface area contributed by atoms with Gasteiger partial charge >= 0.3 is 26.2 Å². The third kappa shape index (κ3) is 3.36. The Hall–Kier alpha value is 0.943. The molecule has 0 radical (unpaired) electrons. The standard InChI is InChI=1S/C9H12.2ClH.Zr/c1-2-5-9-7-3-6-8(9)4-1;;;/h1-2,4,9H,3,5-7H2;2*1H;/q;;;+2/p-2. The zero-order chi connectivity index (χ0) is 6.10. The van der Waals surface area contributed by atoms with Gasteiger partial charge in [-0.15, -0.1) is 0 Å². The smallest absolute Gasteiger partial charge is 1.00 e. The summed E-state index contributed by atoms with van der Waals surface area (Å²) in [5.41, 5.74) is 1.71. The van der Waals surface area contributed by atoms with Gasteiger partial charge in [0.15, 0.2) is 0 Å². The van der Waals surface area contributed by atoms with Crippen LogP contribution in [-0.2, 0) is 26.2 Å². The van der Waals surface area contributed by atoms with Gasteiger partial charge in [0.1, 0.15) is 0 Å². The molecule has 3 heteroatoms. The van der Waals surface area contributed by atoms with E-state index in [1.165, 1.54) is 25.7 Å². The normalized spacial score (nSPS) is 24.0. The summed E-state index contributed by atoms with van der Waals surface area (Å²) in [6.45, 7) is 0. The molecule has 2 rings (SSSR count). The molecule has 0 aromatic rings. The third-order valence-electron chi connectivity index (χ3n) is 2.41. The molecule has 2 aliphatic carbocycles. The van der Waals surface area contributed by atoms with Crippen molar-refractivity contribution in [3.63, 3.8) is 0 Å². The predicted molar refractivity (Wildman–Crippen MR) is 39.2 cm³/mol. The minimum absolute atomic E-state index is 0. The number of rotatable bonds is 0. The van der Waals surface area contributed by atoms with Crippen LogP contribution in [0.4, 0.5) is 0 Å². The first-order chi connectivity index (χ1) is 4.47. The fourth-order valence-corrected chi connectivity index (χ4v) is 1.87. The van der Waals surface area contributed by atoms with Gasteiger partial charge in [0.25, 0.3) is 0 Å². The topological polar surface area (TPSA) is 0 Å². The minimum atomic E-state index is 0. The Morgan fingerprint density at radius 3 is 2.67 bits per heavy atom. The van der Waals surface area contributed by atoms with Gasteiger partial charge in [0.05, 0.1) is 0 Å². The van der Waals surface area contributed by atoms with Crippen LogP contribution in [0.15, 0.2) is 23.8 Å². The predicted octanol–water partition coefficient (Wildman–Crippen LogP) is -3.32. The fourth-order valence-electron chi connectivity index (χ4n) is 1.87. The average molecular weight is 282 g/mol. The van der Waals surface area contributed by atoms with E-state index in [0.717, 1.165) is 5.92 Å². The number of allylic oxidation sites excluding steroid dienone is 4. The monoisotopic (exact) mass is 280 g/mol. The Kier molecular flexibility index (Phi) is 9.45. The molecular formula is C9H12Cl2Zr. The van der Waals surface area contributed by atoms with Crippen molar-refractivity contribution in [3.8, 4) is 0 Å². The first kappa shape index (κ1) is 15.4. The third-order valence-corrected chi connectivity index (χ3v) is 2.41. The zero-order valence-electron chi connectivity index (χ0n) is 6.89. The first-order valence-corrected chi connectivity index (χ1v) is 3.82. The van der Waals surface area contributed by atoms with Gasteiger partial charge < -0.3 is 24.8 Å². The fraction of sp³-hybridized carbons (Fsp3) is 0.556. The van der Waals surface area contributed by atoms with Crippen molar-refractivity contribution in [2.24, 2.45) is 5.92 Å². The van der Waals surface area contributed by atoms with Crippen molar-refractivity contribution in [2.75, 3.05) is 0 Å². The molecule has 0 heterocycles. The zero-order valence-corrected chi connectivity index (χ0v) is 10.9. The molecule has 66 valence electrons. The molecule has 0 aromatic carbocycles. The van der Waals surface area contributed by atoms with Crippen molar-refractivity contribution in [3.05, 3.63) is 23.8 Å². The summed E-state index contributed by atoms with van der Waals surface area (Å²) < 4.78 is 0. The van der Waals surface area contributed by atoms with E-state index in [1.54, 1.807) is 5.57 Å². The summed E-state index contributed by atoms with van der Waals surface area (Å²) in [4.78, 5) is 0. The van der Waals surface area contributed by atoms with Crippen LogP contribution in [-0.4, -0.2) is 0 Å². The number of hydrogen-bond donors (Lipinski definition) is 0. The van der Waals surface area contributed by atoms with Crippen LogP contribution in [0.2, 0.25) is 0 Å². The quantitative estimate of drug-likeness (QED) is 0.436. The molecular weight excluding hydrogens is 270 g/mol. The summed E-state index contributed by atoms with van der Waals surface area (Å²) in [5, 5.41) is 0. The maximum Gasteiger partial charge on any atom is 2.00 e. The van der Waals surface area contributed by atoms with Crippen LogP contribution >= 0.6 is 0 Å². The van der Waals surface area contributed by atoms with E-state index in [4.69, 9.17) is 0 Å². The molecule has 1 fully saturated rings. The summed E-state index contributed by atoms with van der Waals surface area (Å²) in [5.74, 6) is 0.940. The van der Waals surface area contributed by atoms with Gasteiger partial charge in [-0.2, -0.15) is 0 Å². The molecule has 1 atom stereocenters. The number of hydrogen-bond acceptors (Lipinski definition) is 0. The molecule has 0 N–H and O–H groups in total. The molecule has 0 amide bonds. The Bertz CT molecular complexity index is 175. The second-order valence-corrected chi connectivity index (χ2v) is 2.99. The van der Waals surface area contributed by atoms with Crippen molar-refractivity contribution in [1.82, 2.24) is 0 Å². The first-order valence-electron chi connectivity index (χ1n) is 3.82. The molecule has 0 spiro atoms. The van der Waals surface area contributed by atoms with E-state index in [2.05, 4.69) is 18.2 Å². The summed E-state index contributed by atoms with van der Waals surface area (Å²) in [6.07, 6.45) is 12.4. The molecule has 2 aliphatic rings. The molecule has 1 saturated carbocycles. The van der Waals surface area contributed by atoms with Crippen molar-refractivity contribution in [2.45, 2.75) is 25.7 Å². The summed E-state index contributed by atoms with van der Waals surface area (Å²) >= 11 is 0. The van der Waals surface area contributed by atoms with Gasteiger partial charge in [0, 0.05) is 0 Å². The van der Waals surface area contributed by atoms with Crippen LogP contribution in [0, 0.1) is 5.92 Å². The molecule has 0 aliphatic heterocycles. The number of halogens is 2. The van der Waals surface area contributed by atoms with Crippen LogP contribution in [0.5, 0.6) is 0 Å². The Balaban J connectivity index is 0. The van der Waals surface area contributed by atoms with Crippen LogP contribution in [0.3, 0.4) is 0 Å². The molecule has 1 unspecified atom stereocenters. The van der Waals surface area contributed by atoms with E-state index < -0.39 is 0 Å². The van der Waals surface area contributed by atoms with E-state index >= 15 is 0 Å². The van der Waals surface area contributed by atoms with Gasteiger partial charge in [-0.1, -0.05) is 23.8 Å². The van der Waals surface area contributed by atoms with Gasteiger partial charge in [-0.25, -0.2) is 0 Å². The van der Waals surface area contributed by atoms with E-state index in [0.29, 0.717) is 0 Å². The van der Waals surface area contributed by atoms with Gasteiger partial charge in [0.2, 0.25) is 0 Å². The van der Waals surface area contributed by atoms with Crippen molar-refractivity contribution >= 4 is 0 Å². The Morgan fingerprint density at radius 1 is 1.25 bits per heavy atom. The number of fused-ring (bicyclic) bond motifs is 1. The maximum atomic E-state index is 2.31.